The molecule has 214 valence electrons. The van der Waals surface area contributed by atoms with Crippen LogP contribution in [0.25, 0.3) is 10.4 Å². The standard InChI is InChI=1S/C29H30N4O6S2/c1-18(2)16-22(31-27(35)20-10-8-19(9-11-20)25-7-5-15-40-25)28(36)32-14-12-23-26(32)24(34)17-33(23)41(38,39)29(37)21-6-3-4-13-30-21/h3-11,13,15,18,22-23,26H,12,14,16-17H2,1-2H3,(H,31,35). The summed E-state index contributed by atoms with van der Waals surface area (Å²) in [5, 5.41) is 3.63. The highest BCUT2D eigenvalue weighted by Gasteiger charge is 2.55. The Morgan fingerprint density at radius 1 is 1.07 bits per heavy atom. The van der Waals surface area contributed by atoms with Crippen molar-refractivity contribution in [3.63, 3.8) is 0 Å². The third-order valence-corrected chi connectivity index (χ3v) is 9.95. The molecule has 3 aromatic rings. The van der Waals surface area contributed by atoms with E-state index in [1.165, 1.54) is 23.2 Å². The molecule has 2 aromatic heterocycles. The molecule has 1 N–H and O–H groups in total. The number of amides is 2. The summed E-state index contributed by atoms with van der Waals surface area (Å²) in [6, 6.07) is 12.6. The zero-order chi connectivity index (χ0) is 29.3. The maximum atomic E-state index is 13.8. The number of pyridine rings is 1. The van der Waals surface area contributed by atoms with Crippen LogP contribution >= 0.6 is 11.3 Å². The quantitative estimate of drug-likeness (QED) is 0.424. The second kappa shape index (κ2) is 11.6. The minimum Gasteiger partial charge on any atom is -0.340 e. The molecule has 5 rings (SSSR count). The van der Waals surface area contributed by atoms with E-state index in [9.17, 15) is 27.6 Å². The molecular formula is C29H30N4O6S2. The van der Waals surface area contributed by atoms with Gasteiger partial charge >= 0.3 is 5.12 Å². The first-order chi connectivity index (χ1) is 19.6. The number of sulfonamides is 1. The molecule has 2 saturated heterocycles. The maximum Gasteiger partial charge on any atom is 0.310 e. The number of fused-ring (bicyclic) bond motifs is 1. The van der Waals surface area contributed by atoms with Gasteiger partial charge in [-0.25, -0.2) is 8.42 Å². The number of benzene rings is 1. The first kappa shape index (κ1) is 28.8. The highest BCUT2D eigenvalue weighted by Crippen LogP contribution is 2.33. The maximum absolute atomic E-state index is 13.8. The number of Topliss-reactive ketones (excluding diaryl/α,β-unsaturated/α-hetero) is 1. The van der Waals surface area contributed by atoms with Gasteiger partial charge in [0.2, 0.25) is 5.91 Å². The minimum absolute atomic E-state index is 0.0519. The van der Waals surface area contributed by atoms with Crippen LogP contribution in [0.4, 0.5) is 0 Å². The number of hydrogen-bond acceptors (Lipinski definition) is 8. The lowest BCUT2D eigenvalue weighted by atomic mass is 10.0. The Labute approximate surface area is 242 Å². The molecule has 41 heavy (non-hydrogen) atoms. The van der Waals surface area contributed by atoms with Crippen molar-refractivity contribution >= 4 is 44.1 Å². The topological polar surface area (TPSA) is 134 Å². The van der Waals surface area contributed by atoms with E-state index in [2.05, 4.69) is 10.3 Å². The van der Waals surface area contributed by atoms with Crippen molar-refractivity contribution in [2.24, 2.45) is 5.92 Å². The van der Waals surface area contributed by atoms with Crippen LogP contribution in [-0.4, -0.2) is 76.5 Å². The van der Waals surface area contributed by atoms with Crippen molar-refractivity contribution in [1.29, 1.82) is 0 Å². The fourth-order valence-electron chi connectivity index (χ4n) is 5.43. The van der Waals surface area contributed by atoms with Crippen LogP contribution < -0.4 is 5.32 Å². The second-order valence-corrected chi connectivity index (χ2v) is 13.3. The molecule has 0 radical (unpaired) electrons. The van der Waals surface area contributed by atoms with Crippen molar-refractivity contribution in [2.75, 3.05) is 13.1 Å². The van der Waals surface area contributed by atoms with Crippen molar-refractivity contribution in [1.82, 2.24) is 19.5 Å². The van der Waals surface area contributed by atoms with E-state index < -0.39 is 57.4 Å². The molecule has 2 aliphatic rings. The lowest BCUT2D eigenvalue weighted by molar-refractivity contribution is -0.138. The monoisotopic (exact) mass is 594 g/mol. The molecule has 0 saturated carbocycles. The summed E-state index contributed by atoms with van der Waals surface area (Å²) >= 11 is 1.59. The first-order valence-electron chi connectivity index (χ1n) is 13.3. The first-order valence-corrected chi connectivity index (χ1v) is 15.6. The average molecular weight is 595 g/mol. The van der Waals surface area contributed by atoms with Crippen molar-refractivity contribution in [3.8, 4) is 10.4 Å². The molecule has 0 spiro atoms. The normalized spacial score (nSPS) is 19.8. The number of aromatic nitrogens is 1. The molecule has 12 heteroatoms. The van der Waals surface area contributed by atoms with Crippen LogP contribution in [0.1, 0.15) is 47.5 Å². The van der Waals surface area contributed by atoms with Gasteiger partial charge in [-0.1, -0.05) is 38.1 Å². The molecule has 0 bridgehead atoms. The van der Waals surface area contributed by atoms with E-state index in [0.29, 0.717) is 12.0 Å². The van der Waals surface area contributed by atoms with Gasteiger partial charge in [0.25, 0.3) is 15.9 Å². The van der Waals surface area contributed by atoms with E-state index in [0.717, 1.165) is 14.7 Å². The Balaban J connectivity index is 1.32. The zero-order valence-corrected chi connectivity index (χ0v) is 24.2. The van der Waals surface area contributed by atoms with Gasteiger partial charge in [0, 0.05) is 23.2 Å². The van der Waals surface area contributed by atoms with Crippen LogP contribution in [0.3, 0.4) is 0 Å². The van der Waals surface area contributed by atoms with Crippen molar-refractivity contribution < 1.29 is 27.6 Å². The van der Waals surface area contributed by atoms with Gasteiger partial charge in [-0.3, -0.25) is 24.2 Å². The number of carbonyl (C=O) groups excluding carboxylic acids is 4. The molecule has 10 nitrogen and oxygen atoms in total. The van der Waals surface area contributed by atoms with Gasteiger partial charge in [-0.15, -0.1) is 11.3 Å². The number of nitrogens with zero attached hydrogens (tertiary/aromatic N) is 3. The van der Waals surface area contributed by atoms with Crippen molar-refractivity contribution in [2.45, 2.75) is 44.8 Å². The van der Waals surface area contributed by atoms with Crippen LogP contribution in [0.5, 0.6) is 0 Å². The Hall–Kier alpha value is -3.74. The summed E-state index contributed by atoms with van der Waals surface area (Å²) in [5.41, 5.74) is 1.14. The summed E-state index contributed by atoms with van der Waals surface area (Å²) < 4.78 is 27.3. The highest BCUT2D eigenvalue weighted by atomic mass is 32.2. The van der Waals surface area contributed by atoms with Gasteiger partial charge in [0.1, 0.15) is 17.8 Å². The Morgan fingerprint density at radius 3 is 2.46 bits per heavy atom. The second-order valence-electron chi connectivity index (χ2n) is 10.6. The number of rotatable bonds is 8. The molecule has 2 amide bonds. The molecule has 3 atom stereocenters. The lowest BCUT2D eigenvalue weighted by Crippen LogP contribution is -2.53. The molecule has 1 aromatic carbocycles. The number of likely N-dealkylation sites (tertiary alicyclic amines) is 1. The van der Waals surface area contributed by atoms with Crippen LogP contribution in [-0.2, 0) is 19.6 Å². The summed E-state index contributed by atoms with van der Waals surface area (Å²) in [5.74, 6) is -1.27. The average Bonchev–Trinajstić information content (AvgIpc) is 3.71. The number of thiophene rings is 1. The van der Waals surface area contributed by atoms with E-state index >= 15 is 0 Å². The van der Waals surface area contributed by atoms with Gasteiger partial charge in [-0.05, 0) is 60.0 Å². The highest BCUT2D eigenvalue weighted by molar-refractivity contribution is 8.04. The largest absolute Gasteiger partial charge is 0.340 e. The molecule has 2 fully saturated rings. The fourth-order valence-corrected chi connectivity index (χ4v) is 7.63. The number of hydrogen-bond donors (Lipinski definition) is 1. The predicted molar refractivity (Wildman–Crippen MR) is 154 cm³/mol. The van der Waals surface area contributed by atoms with Crippen molar-refractivity contribution in [3.05, 3.63) is 77.4 Å². The number of nitrogens with one attached hydrogen (secondary N) is 1. The van der Waals surface area contributed by atoms with E-state index in [4.69, 9.17) is 0 Å². The van der Waals surface area contributed by atoms with E-state index in [1.54, 1.807) is 29.5 Å². The van der Waals surface area contributed by atoms with Gasteiger partial charge in [-0.2, -0.15) is 4.31 Å². The summed E-state index contributed by atoms with van der Waals surface area (Å²) in [6.07, 6.45) is 1.85. The number of ketones is 1. The van der Waals surface area contributed by atoms with Gasteiger partial charge < -0.3 is 10.2 Å². The molecule has 4 heterocycles. The minimum atomic E-state index is -4.54. The van der Waals surface area contributed by atoms with Crippen LogP contribution in [0.2, 0.25) is 0 Å². The SMILES string of the molecule is CC(C)CC(NC(=O)c1ccc(-c2cccs2)cc1)C(=O)N1CCC2C1C(=O)CN2S(=O)(=O)C(=O)c1ccccn1. The number of carbonyl (C=O) groups is 4. The van der Waals surface area contributed by atoms with E-state index in [-0.39, 0.29) is 24.6 Å². The molecule has 0 aliphatic carbocycles. The molecular weight excluding hydrogens is 564 g/mol. The summed E-state index contributed by atoms with van der Waals surface area (Å²) in [4.78, 5) is 59.1. The lowest BCUT2D eigenvalue weighted by Gasteiger charge is -2.29. The smallest absolute Gasteiger partial charge is 0.310 e. The van der Waals surface area contributed by atoms with Gasteiger partial charge in [0.05, 0.1) is 12.6 Å². The predicted octanol–water partition coefficient (Wildman–Crippen LogP) is 2.98. The summed E-state index contributed by atoms with van der Waals surface area (Å²) in [7, 11) is -4.54. The molecule has 2 aliphatic heterocycles. The van der Waals surface area contributed by atoms with Gasteiger partial charge in [0.15, 0.2) is 5.78 Å². The Morgan fingerprint density at radius 2 is 1.83 bits per heavy atom. The summed E-state index contributed by atoms with van der Waals surface area (Å²) in [6.45, 7) is 3.47. The Kier molecular flexibility index (Phi) is 8.16. The third-order valence-electron chi connectivity index (χ3n) is 7.34. The van der Waals surface area contributed by atoms with Crippen LogP contribution in [0.15, 0.2) is 66.2 Å². The molecule has 3 unspecified atom stereocenters. The fraction of sp³-hybridized carbons (Fsp3) is 0.345. The zero-order valence-electron chi connectivity index (χ0n) is 22.6. The van der Waals surface area contributed by atoms with E-state index in [1.807, 2.05) is 43.5 Å². The third kappa shape index (κ3) is 5.72. The van der Waals surface area contributed by atoms with Crippen LogP contribution in [0, 0.1) is 5.92 Å². The Bertz CT molecular complexity index is 1560.